The van der Waals surface area contributed by atoms with Crippen LogP contribution in [0.25, 0.3) is 0 Å². The summed E-state index contributed by atoms with van der Waals surface area (Å²) in [6.07, 6.45) is 1.61. The summed E-state index contributed by atoms with van der Waals surface area (Å²) in [5.74, 6) is 0.743. The van der Waals surface area contributed by atoms with Gasteiger partial charge in [0.15, 0.2) is 0 Å². The van der Waals surface area contributed by atoms with Crippen LogP contribution in [-0.2, 0) is 9.53 Å². The molecule has 1 aliphatic rings. The Hall–Kier alpha value is -1.59. The molecule has 0 spiro atoms. The van der Waals surface area contributed by atoms with E-state index >= 15 is 0 Å². The number of aliphatic hydroxyl groups is 1. The van der Waals surface area contributed by atoms with E-state index in [1.807, 2.05) is 30.3 Å². The number of rotatable bonds is 7. The van der Waals surface area contributed by atoms with Crippen LogP contribution >= 0.6 is 0 Å². The molecule has 1 saturated heterocycles. The maximum absolute atomic E-state index is 11.6. The Kier molecular flexibility index (Phi) is 5.38. The van der Waals surface area contributed by atoms with Gasteiger partial charge >= 0.3 is 0 Å². The van der Waals surface area contributed by atoms with Gasteiger partial charge in [0.05, 0.1) is 13.2 Å². The molecule has 0 radical (unpaired) electrons. The number of hydrogen-bond acceptors (Lipinski definition) is 4. The predicted molar refractivity (Wildman–Crippen MR) is 74.6 cm³/mol. The van der Waals surface area contributed by atoms with Crippen LogP contribution in [0.15, 0.2) is 30.3 Å². The van der Waals surface area contributed by atoms with E-state index in [0.717, 1.165) is 5.75 Å². The van der Waals surface area contributed by atoms with Crippen LogP contribution in [-0.4, -0.2) is 43.0 Å². The molecule has 2 N–H and O–H groups in total. The van der Waals surface area contributed by atoms with E-state index in [1.165, 1.54) is 0 Å². The number of nitrogens with one attached hydrogen (secondary N) is 1. The molecule has 20 heavy (non-hydrogen) atoms. The number of carbonyl (C=O) groups excluding carboxylic acids is 1. The van der Waals surface area contributed by atoms with Gasteiger partial charge in [0, 0.05) is 26.0 Å². The van der Waals surface area contributed by atoms with Crippen molar-refractivity contribution >= 4 is 5.91 Å². The summed E-state index contributed by atoms with van der Waals surface area (Å²) < 4.78 is 10.6. The zero-order chi connectivity index (χ0) is 14.3. The summed E-state index contributed by atoms with van der Waals surface area (Å²) >= 11 is 0. The molecule has 110 valence electrons. The molecule has 1 fully saturated rings. The van der Waals surface area contributed by atoms with Gasteiger partial charge in [-0.2, -0.15) is 0 Å². The molecule has 1 aromatic carbocycles. The molecular formula is C15H21NO4. The van der Waals surface area contributed by atoms with Crippen molar-refractivity contribution in [3.05, 3.63) is 30.3 Å². The minimum absolute atomic E-state index is 0.0676. The molecule has 1 amide bonds. The monoisotopic (exact) mass is 279 g/mol. The maximum Gasteiger partial charge on any atom is 0.220 e. The van der Waals surface area contributed by atoms with Crippen molar-refractivity contribution in [2.45, 2.75) is 24.9 Å². The molecule has 0 aliphatic carbocycles. The molecule has 0 bridgehead atoms. The minimum atomic E-state index is -0.893. The molecule has 2 rings (SSSR count). The minimum Gasteiger partial charge on any atom is -0.494 e. The number of carbonyl (C=O) groups is 1. The van der Waals surface area contributed by atoms with E-state index in [0.29, 0.717) is 39.1 Å². The fourth-order valence-corrected chi connectivity index (χ4v) is 2.03. The standard InChI is InChI=1S/C15H21NO4/c17-14(16-11-15(18)8-10-19-12-15)7-4-9-20-13-5-2-1-3-6-13/h1-3,5-6,18H,4,7-12H2,(H,16,17). The van der Waals surface area contributed by atoms with Gasteiger partial charge in [-0.1, -0.05) is 18.2 Å². The lowest BCUT2D eigenvalue weighted by Gasteiger charge is -2.20. The van der Waals surface area contributed by atoms with Gasteiger partial charge in [-0.25, -0.2) is 0 Å². The predicted octanol–water partition coefficient (Wildman–Crippen LogP) is 1.11. The van der Waals surface area contributed by atoms with Gasteiger partial charge in [-0.3, -0.25) is 4.79 Å². The van der Waals surface area contributed by atoms with E-state index < -0.39 is 5.60 Å². The first-order chi connectivity index (χ1) is 9.68. The van der Waals surface area contributed by atoms with Gasteiger partial charge in [0.25, 0.3) is 0 Å². The van der Waals surface area contributed by atoms with Crippen LogP contribution < -0.4 is 10.1 Å². The van der Waals surface area contributed by atoms with Gasteiger partial charge in [-0.05, 0) is 18.6 Å². The molecule has 5 nitrogen and oxygen atoms in total. The molecule has 5 heteroatoms. The molecule has 1 aromatic rings. The van der Waals surface area contributed by atoms with Crippen molar-refractivity contribution in [1.29, 1.82) is 0 Å². The lowest BCUT2D eigenvalue weighted by Crippen LogP contribution is -2.43. The number of ether oxygens (including phenoxy) is 2. The normalized spacial score (nSPS) is 21.6. The summed E-state index contributed by atoms with van der Waals surface area (Å²) in [6.45, 7) is 1.61. The van der Waals surface area contributed by atoms with E-state index in [4.69, 9.17) is 9.47 Å². The lowest BCUT2D eigenvalue weighted by molar-refractivity contribution is -0.122. The fraction of sp³-hybridized carbons (Fsp3) is 0.533. The van der Waals surface area contributed by atoms with Crippen molar-refractivity contribution in [3.8, 4) is 5.75 Å². The quantitative estimate of drug-likeness (QED) is 0.734. The Balaban J connectivity index is 1.56. The average Bonchev–Trinajstić information content (AvgIpc) is 2.90. The summed E-state index contributed by atoms with van der Waals surface area (Å²) in [7, 11) is 0. The van der Waals surface area contributed by atoms with Crippen LogP contribution in [0.3, 0.4) is 0 Å². The van der Waals surface area contributed by atoms with Gasteiger partial charge in [0.2, 0.25) is 5.91 Å². The number of para-hydroxylation sites is 1. The van der Waals surface area contributed by atoms with Crippen molar-refractivity contribution in [2.24, 2.45) is 0 Å². The molecule has 1 heterocycles. The highest BCUT2D eigenvalue weighted by molar-refractivity contribution is 5.75. The SMILES string of the molecule is O=C(CCCOc1ccccc1)NCC1(O)CCOC1. The molecular weight excluding hydrogens is 258 g/mol. The van der Waals surface area contributed by atoms with Crippen molar-refractivity contribution in [3.63, 3.8) is 0 Å². The lowest BCUT2D eigenvalue weighted by atomic mass is 10.0. The Morgan fingerprint density at radius 1 is 1.40 bits per heavy atom. The molecule has 1 atom stereocenters. The molecule has 1 unspecified atom stereocenters. The second kappa shape index (κ2) is 7.26. The highest BCUT2D eigenvalue weighted by Crippen LogP contribution is 2.16. The third-order valence-electron chi connectivity index (χ3n) is 3.26. The van der Waals surface area contributed by atoms with Crippen molar-refractivity contribution < 1.29 is 19.4 Å². The summed E-state index contributed by atoms with van der Waals surface area (Å²) in [4.78, 5) is 11.6. The third-order valence-corrected chi connectivity index (χ3v) is 3.26. The molecule has 1 aliphatic heterocycles. The largest absolute Gasteiger partial charge is 0.494 e. The smallest absolute Gasteiger partial charge is 0.220 e. The van der Waals surface area contributed by atoms with Gasteiger partial charge < -0.3 is 19.9 Å². The first-order valence-corrected chi connectivity index (χ1v) is 6.93. The molecule has 0 aromatic heterocycles. The highest BCUT2D eigenvalue weighted by Gasteiger charge is 2.32. The second-order valence-corrected chi connectivity index (χ2v) is 5.07. The number of hydrogen-bond donors (Lipinski definition) is 2. The van der Waals surface area contributed by atoms with Crippen molar-refractivity contribution in [1.82, 2.24) is 5.32 Å². The van der Waals surface area contributed by atoms with E-state index in [-0.39, 0.29) is 12.5 Å². The average molecular weight is 279 g/mol. The third kappa shape index (κ3) is 4.83. The summed E-state index contributed by atoms with van der Waals surface area (Å²) in [5, 5.41) is 12.7. The topological polar surface area (TPSA) is 67.8 Å². The summed E-state index contributed by atoms with van der Waals surface area (Å²) in [5.41, 5.74) is -0.893. The van der Waals surface area contributed by atoms with E-state index in [2.05, 4.69) is 5.32 Å². The van der Waals surface area contributed by atoms with Crippen LogP contribution in [0.2, 0.25) is 0 Å². The Labute approximate surface area is 118 Å². The Morgan fingerprint density at radius 2 is 2.20 bits per heavy atom. The maximum atomic E-state index is 11.6. The van der Waals surface area contributed by atoms with Crippen LogP contribution in [0.4, 0.5) is 0 Å². The van der Waals surface area contributed by atoms with E-state index in [1.54, 1.807) is 0 Å². The Bertz CT molecular complexity index is 415. The van der Waals surface area contributed by atoms with Gasteiger partial charge in [0.1, 0.15) is 11.4 Å². The van der Waals surface area contributed by atoms with Crippen LogP contribution in [0.5, 0.6) is 5.75 Å². The highest BCUT2D eigenvalue weighted by atomic mass is 16.5. The van der Waals surface area contributed by atoms with Crippen LogP contribution in [0.1, 0.15) is 19.3 Å². The fourth-order valence-electron chi connectivity index (χ4n) is 2.03. The number of amides is 1. The number of benzene rings is 1. The molecule has 0 saturated carbocycles. The zero-order valence-electron chi connectivity index (χ0n) is 11.5. The van der Waals surface area contributed by atoms with Crippen molar-refractivity contribution in [2.75, 3.05) is 26.4 Å². The second-order valence-electron chi connectivity index (χ2n) is 5.07. The van der Waals surface area contributed by atoms with Gasteiger partial charge in [-0.15, -0.1) is 0 Å². The zero-order valence-corrected chi connectivity index (χ0v) is 11.5. The Morgan fingerprint density at radius 3 is 2.90 bits per heavy atom. The summed E-state index contributed by atoms with van der Waals surface area (Å²) in [6, 6.07) is 9.52. The van der Waals surface area contributed by atoms with Crippen LogP contribution in [0, 0.1) is 0 Å². The first-order valence-electron chi connectivity index (χ1n) is 6.93. The first kappa shape index (κ1) is 14.8. The van der Waals surface area contributed by atoms with E-state index in [9.17, 15) is 9.90 Å².